The van der Waals surface area contributed by atoms with E-state index in [4.69, 9.17) is 11.6 Å². The fraction of sp³-hybridized carbons (Fsp3) is 0.214. The van der Waals surface area contributed by atoms with Gasteiger partial charge in [-0.15, -0.1) is 24.5 Å². The molecule has 1 aromatic carbocycles. The highest BCUT2D eigenvalue weighted by molar-refractivity contribution is 7.16. The van der Waals surface area contributed by atoms with Crippen molar-refractivity contribution in [3.63, 3.8) is 0 Å². The van der Waals surface area contributed by atoms with E-state index in [9.17, 15) is 18.0 Å². The monoisotopic (exact) mass is 364 g/mol. The molecule has 0 saturated carbocycles. The highest BCUT2D eigenvalue weighted by atomic mass is 35.5. The Bertz CT molecular complexity index is 691. The second kappa shape index (κ2) is 7.10. The largest absolute Gasteiger partial charge is 0.573 e. The van der Waals surface area contributed by atoms with Gasteiger partial charge < -0.3 is 15.0 Å². The standard InChI is InChI=1S/C14H12ClF3N2O2S/c1-20(8-11-5-6-12(15)23-11)13(21)19-9-3-2-4-10(7-9)22-14(16,17)18/h2-7H,8H2,1H3,(H,19,21). The average molecular weight is 365 g/mol. The van der Waals surface area contributed by atoms with E-state index in [2.05, 4.69) is 10.1 Å². The van der Waals surface area contributed by atoms with Crippen LogP contribution in [0.25, 0.3) is 0 Å². The van der Waals surface area contributed by atoms with E-state index >= 15 is 0 Å². The van der Waals surface area contributed by atoms with Crippen molar-refractivity contribution >= 4 is 34.7 Å². The number of carbonyl (C=O) groups is 1. The third-order valence-electron chi connectivity index (χ3n) is 2.69. The Hall–Kier alpha value is -1.93. The summed E-state index contributed by atoms with van der Waals surface area (Å²) < 4.78 is 41.0. The molecule has 1 heterocycles. The van der Waals surface area contributed by atoms with Crippen LogP contribution in [0.4, 0.5) is 23.7 Å². The number of nitrogens with zero attached hydrogens (tertiary/aromatic N) is 1. The zero-order valence-electron chi connectivity index (χ0n) is 11.9. The molecule has 0 aliphatic rings. The fourth-order valence-electron chi connectivity index (χ4n) is 1.73. The number of anilines is 1. The molecule has 1 N–H and O–H groups in total. The smallest absolute Gasteiger partial charge is 0.406 e. The highest BCUT2D eigenvalue weighted by Gasteiger charge is 2.31. The Labute approximate surface area is 139 Å². The van der Waals surface area contributed by atoms with Gasteiger partial charge in [-0.05, 0) is 24.3 Å². The number of thiophene rings is 1. The second-order valence-corrected chi connectivity index (χ2v) is 6.37. The van der Waals surface area contributed by atoms with Crippen molar-refractivity contribution in [3.05, 3.63) is 45.6 Å². The molecule has 0 atom stereocenters. The van der Waals surface area contributed by atoms with E-state index in [0.29, 0.717) is 10.9 Å². The molecular weight excluding hydrogens is 353 g/mol. The summed E-state index contributed by atoms with van der Waals surface area (Å²) >= 11 is 7.16. The number of benzene rings is 1. The van der Waals surface area contributed by atoms with Gasteiger partial charge >= 0.3 is 12.4 Å². The molecular formula is C14H12ClF3N2O2S. The molecule has 124 valence electrons. The maximum absolute atomic E-state index is 12.2. The molecule has 2 rings (SSSR count). The lowest BCUT2D eigenvalue weighted by atomic mass is 10.3. The molecule has 0 saturated heterocycles. The van der Waals surface area contributed by atoms with Crippen molar-refractivity contribution in [2.24, 2.45) is 0 Å². The number of urea groups is 1. The lowest BCUT2D eigenvalue weighted by Crippen LogP contribution is -2.30. The molecule has 0 bridgehead atoms. The third-order valence-corrected chi connectivity index (χ3v) is 3.90. The van der Waals surface area contributed by atoms with Gasteiger partial charge in [-0.1, -0.05) is 17.7 Å². The van der Waals surface area contributed by atoms with Crippen LogP contribution in [-0.2, 0) is 6.54 Å². The number of nitrogens with one attached hydrogen (secondary N) is 1. The fourth-order valence-corrected chi connectivity index (χ4v) is 2.87. The molecule has 2 aromatic rings. The van der Waals surface area contributed by atoms with Gasteiger partial charge in [0.2, 0.25) is 0 Å². The van der Waals surface area contributed by atoms with Gasteiger partial charge in [0.05, 0.1) is 10.9 Å². The number of carbonyl (C=O) groups excluding carboxylic acids is 1. The zero-order valence-corrected chi connectivity index (χ0v) is 13.4. The van der Waals surface area contributed by atoms with Crippen molar-refractivity contribution in [1.29, 1.82) is 0 Å². The van der Waals surface area contributed by atoms with Gasteiger partial charge in [-0.3, -0.25) is 0 Å². The van der Waals surface area contributed by atoms with Gasteiger partial charge in [0.15, 0.2) is 0 Å². The van der Waals surface area contributed by atoms with E-state index in [-0.39, 0.29) is 5.69 Å². The SMILES string of the molecule is CN(Cc1ccc(Cl)s1)C(=O)Nc1cccc(OC(F)(F)F)c1. The van der Waals surface area contributed by atoms with Gasteiger partial charge in [0.25, 0.3) is 0 Å². The number of hydrogen-bond acceptors (Lipinski definition) is 3. The van der Waals surface area contributed by atoms with Crippen LogP contribution in [0.5, 0.6) is 5.75 Å². The van der Waals surface area contributed by atoms with E-state index in [1.807, 2.05) is 0 Å². The maximum Gasteiger partial charge on any atom is 0.573 e. The Morgan fingerprint density at radius 2 is 2.09 bits per heavy atom. The van der Waals surface area contributed by atoms with Crippen LogP contribution in [0.1, 0.15) is 4.88 Å². The van der Waals surface area contributed by atoms with Crippen LogP contribution in [0, 0.1) is 0 Å². The molecule has 0 spiro atoms. The first-order chi connectivity index (χ1) is 10.7. The van der Waals surface area contributed by atoms with Gasteiger partial charge in [-0.25, -0.2) is 4.79 Å². The molecule has 2 amide bonds. The lowest BCUT2D eigenvalue weighted by molar-refractivity contribution is -0.274. The Kier molecular flexibility index (Phi) is 5.38. The number of alkyl halides is 3. The Morgan fingerprint density at radius 1 is 1.35 bits per heavy atom. The van der Waals surface area contributed by atoms with Crippen LogP contribution in [0.2, 0.25) is 4.34 Å². The third kappa shape index (κ3) is 5.65. The molecule has 9 heteroatoms. The van der Waals surface area contributed by atoms with Gasteiger partial charge in [0.1, 0.15) is 5.75 Å². The Morgan fingerprint density at radius 3 is 2.70 bits per heavy atom. The summed E-state index contributed by atoms with van der Waals surface area (Å²) in [7, 11) is 1.57. The summed E-state index contributed by atoms with van der Waals surface area (Å²) in [5, 5.41) is 2.51. The van der Waals surface area contributed by atoms with Crippen LogP contribution in [0.3, 0.4) is 0 Å². The number of hydrogen-bond donors (Lipinski definition) is 1. The van der Waals surface area contributed by atoms with Crippen LogP contribution < -0.4 is 10.1 Å². The minimum atomic E-state index is -4.78. The van der Waals surface area contributed by atoms with E-state index in [1.165, 1.54) is 28.4 Å². The Balaban J connectivity index is 1.98. The van der Waals surface area contributed by atoms with Crippen molar-refractivity contribution in [2.45, 2.75) is 12.9 Å². The van der Waals surface area contributed by atoms with Crippen molar-refractivity contribution in [2.75, 3.05) is 12.4 Å². The first-order valence-electron chi connectivity index (χ1n) is 6.35. The summed E-state index contributed by atoms with van der Waals surface area (Å²) in [6.07, 6.45) is -4.78. The quantitative estimate of drug-likeness (QED) is 0.832. The van der Waals surface area contributed by atoms with Crippen LogP contribution >= 0.6 is 22.9 Å². The van der Waals surface area contributed by atoms with E-state index in [0.717, 1.165) is 17.0 Å². The maximum atomic E-state index is 12.2. The van der Waals surface area contributed by atoms with E-state index in [1.54, 1.807) is 19.2 Å². The molecule has 0 radical (unpaired) electrons. The van der Waals surface area contributed by atoms with Gasteiger partial charge in [-0.2, -0.15) is 0 Å². The van der Waals surface area contributed by atoms with Gasteiger partial charge in [0, 0.05) is 23.7 Å². The topological polar surface area (TPSA) is 41.6 Å². The van der Waals surface area contributed by atoms with Crippen molar-refractivity contribution < 1.29 is 22.7 Å². The second-order valence-electron chi connectivity index (χ2n) is 4.57. The number of ether oxygens (including phenoxy) is 1. The lowest BCUT2D eigenvalue weighted by Gasteiger charge is -2.17. The molecule has 1 aromatic heterocycles. The minimum Gasteiger partial charge on any atom is -0.406 e. The average Bonchev–Trinajstić information content (AvgIpc) is 2.82. The summed E-state index contributed by atoms with van der Waals surface area (Å²) in [6, 6.07) is 8.15. The summed E-state index contributed by atoms with van der Waals surface area (Å²) in [5.41, 5.74) is 0.202. The number of rotatable bonds is 4. The summed E-state index contributed by atoms with van der Waals surface area (Å²) in [6.45, 7) is 0.335. The van der Waals surface area contributed by atoms with Crippen LogP contribution in [0.15, 0.2) is 36.4 Å². The highest BCUT2D eigenvalue weighted by Crippen LogP contribution is 2.25. The number of halogens is 4. The predicted octanol–water partition coefficient (Wildman–Crippen LogP) is 4.96. The summed E-state index contributed by atoms with van der Waals surface area (Å²) in [5.74, 6) is -0.400. The molecule has 0 aliphatic heterocycles. The van der Waals surface area contributed by atoms with Crippen molar-refractivity contribution in [1.82, 2.24) is 4.90 Å². The molecule has 0 unspecified atom stereocenters. The first-order valence-corrected chi connectivity index (χ1v) is 7.54. The summed E-state index contributed by atoms with van der Waals surface area (Å²) in [4.78, 5) is 14.3. The van der Waals surface area contributed by atoms with E-state index < -0.39 is 18.1 Å². The molecule has 23 heavy (non-hydrogen) atoms. The number of amides is 2. The molecule has 0 aliphatic carbocycles. The molecule has 4 nitrogen and oxygen atoms in total. The zero-order chi connectivity index (χ0) is 17.0. The predicted molar refractivity (Wildman–Crippen MR) is 82.9 cm³/mol. The normalized spacial score (nSPS) is 11.2. The molecule has 0 fully saturated rings. The van der Waals surface area contributed by atoms with Crippen LogP contribution in [-0.4, -0.2) is 24.3 Å². The minimum absolute atomic E-state index is 0.202. The first kappa shape index (κ1) is 17.4. The van der Waals surface area contributed by atoms with Crippen molar-refractivity contribution in [3.8, 4) is 5.75 Å².